The molecule has 2 unspecified atom stereocenters. The van der Waals surface area contributed by atoms with Crippen LogP contribution in [0.25, 0.3) is 11.0 Å². The molecule has 27 heavy (non-hydrogen) atoms. The number of fused-ring (bicyclic) bond motifs is 1. The summed E-state index contributed by atoms with van der Waals surface area (Å²) in [7, 11) is 1.57. The molecule has 8 heteroatoms. The summed E-state index contributed by atoms with van der Waals surface area (Å²) in [5.41, 5.74) is 1.75. The van der Waals surface area contributed by atoms with Gasteiger partial charge in [0.15, 0.2) is 5.52 Å². The SMILES string of the molecule is COc1ncc(N2CC(C)CC(NC(=O)OC(C)(C)C)C2)c2nccnc12. The average molecular weight is 373 g/mol. The molecule has 3 rings (SSSR count). The third-order valence-corrected chi connectivity index (χ3v) is 4.36. The second-order valence-corrected chi connectivity index (χ2v) is 8.00. The van der Waals surface area contributed by atoms with E-state index in [1.165, 1.54) is 0 Å². The molecule has 1 aliphatic rings. The van der Waals surface area contributed by atoms with E-state index in [0.717, 1.165) is 24.2 Å². The number of nitrogens with one attached hydrogen (secondary N) is 1. The van der Waals surface area contributed by atoms with E-state index < -0.39 is 5.60 Å². The highest BCUT2D eigenvalue weighted by molar-refractivity contribution is 5.90. The van der Waals surface area contributed by atoms with Crippen LogP contribution < -0.4 is 15.0 Å². The molecule has 0 saturated carbocycles. The van der Waals surface area contributed by atoms with Crippen LogP contribution in [0.15, 0.2) is 18.6 Å². The topological polar surface area (TPSA) is 89.5 Å². The highest BCUT2D eigenvalue weighted by atomic mass is 16.6. The van der Waals surface area contributed by atoms with Gasteiger partial charge in [-0.3, -0.25) is 4.98 Å². The first-order valence-corrected chi connectivity index (χ1v) is 9.15. The number of rotatable bonds is 3. The molecule has 0 spiro atoms. The summed E-state index contributed by atoms with van der Waals surface area (Å²) in [5, 5.41) is 2.99. The van der Waals surface area contributed by atoms with Gasteiger partial charge in [0.2, 0.25) is 5.88 Å². The molecule has 146 valence electrons. The van der Waals surface area contributed by atoms with Crippen molar-refractivity contribution in [1.29, 1.82) is 0 Å². The lowest BCUT2D eigenvalue weighted by Gasteiger charge is -2.38. The normalized spacial score (nSPS) is 20.4. The van der Waals surface area contributed by atoms with Gasteiger partial charge in [0, 0.05) is 31.5 Å². The summed E-state index contributed by atoms with van der Waals surface area (Å²) in [6.07, 6.45) is 5.55. The minimum Gasteiger partial charge on any atom is -0.479 e. The zero-order chi connectivity index (χ0) is 19.6. The number of alkyl carbamates (subject to hydrolysis) is 1. The Labute approximate surface area is 159 Å². The van der Waals surface area contributed by atoms with Crippen LogP contribution in [0.5, 0.6) is 5.88 Å². The van der Waals surface area contributed by atoms with Gasteiger partial charge in [0.1, 0.15) is 11.1 Å². The van der Waals surface area contributed by atoms with Crippen molar-refractivity contribution in [3.8, 4) is 5.88 Å². The zero-order valence-corrected chi connectivity index (χ0v) is 16.5. The van der Waals surface area contributed by atoms with E-state index in [1.54, 1.807) is 25.7 Å². The van der Waals surface area contributed by atoms with Crippen LogP contribution in [0.4, 0.5) is 10.5 Å². The van der Waals surface area contributed by atoms with Gasteiger partial charge in [-0.05, 0) is 33.1 Å². The number of anilines is 1. The minimum absolute atomic E-state index is 0.0163. The van der Waals surface area contributed by atoms with Gasteiger partial charge in [-0.15, -0.1) is 0 Å². The number of hydrogen-bond donors (Lipinski definition) is 1. The van der Waals surface area contributed by atoms with Crippen molar-refractivity contribution in [2.75, 3.05) is 25.1 Å². The van der Waals surface area contributed by atoms with E-state index in [9.17, 15) is 4.79 Å². The molecular weight excluding hydrogens is 346 g/mol. The summed E-state index contributed by atoms with van der Waals surface area (Å²) < 4.78 is 10.7. The Morgan fingerprint density at radius 1 is 1.19 bits per heavy atom. The summed E-state index contributed by atoms with van der Waals surface area (Å²) >= 11 is 0. The van der Waals surface area contributed by atoms with Gasteiger partial charge in [-0.25, -0.2) is 14.8 Å². The fourth-order valence-corrected chi connectivity index (χ4v) is 3.43. The maximum Gasteiger partial charge on any atom is 0.407 e. The van der Waals surface area contributed by atoms with Crippen molar-refractivity contribution in [3.63, 3.8) is 0 Å². The van der Waals surface area contributed by atoms with Gasteiger partial charge < -0.3 is 19.7 Å². The first-order valence-electron chi connectivity index (χ1n) is 9.15. The number of ether oxygens (including phenoxy) is 2. The number of piperidine rings is 1. The van der Waals surface area contributed by atoms with E-state index in [-0.39, 0.29) is 12.1 Å². The average Bonchev–Trinajstić information content (AvgIpc) is 2.58. The molecule has 2 aromatic heterocycles. The maximum atomic E-state index is 12.2. The molecule has 2 aromatic rings. The molecule has 2 atom stereocenters. The number of nitrogens with zero attached hydrogens (tertiary/aromatic N) is 4. The maximum absolute atomic E-state index is 12.2. The predicted octanol–water partition coefficient (Wildman–Crippen LogP) is 2.77. The molecule has 8 nitrogen and oxygen atoms in total. The van der Waals surface area contributed by atoms with Crippen molar-refractivity contribution in [1.82, 2.24) is 20.3 Å². The first kappa shape index (κ1) is 19.1. The third kappa shape index (κ3) is 4.56. The Kier molecular flexibility index (Phi) is 5.34. The number of carbonyl (C=O) groups is 1. The Balaban J connectivity index is 1.83. The highest BCUT2D eigenvalue weighted by Gasteiger charge is 2.29. The van der Waals surface area contributed by atoms with E-state index in [1.807, 2.05) is 20.8 Å². The lowest BCUT2D eigenvalue weighted by Crippen LogP contribution is -2.51. The fraction of sp³-hybridized carbons (Fsp3) is 0.579. The molecule has 3 heterocycles. The number of amides is 1. The van der Waals surface area contributed by atoms with Crippen molar-refractivity contribution in [3.05, 3.63) is 18.6 Å². The molecule has 0 aromatic carbocycles. The molecule has 1 aliphatic heterocycles. The van der Waals surface area contributed by atoms with Crippen LogP contribution >= 0.6 is 0 Å². The second kappa shape index (κ2) is 7.54. The van der Waals surface area contributed by atoms with E-state index in [0.29, 0.717) is 23.9 Å². The molecule has 1 saturated heterocycles. The number of aromatic nitrogens is 3. The van der Waals surface area contributed by atoms with Gasteiger partial charge in [0.05, 0.1) is 19.0 Å². The number of pyridine rings is 1. The zero-order valence-electron chi connectivity index (χ0n) is 16.5. The molecule has 0 bridgehead atoms. The standard InChI is InChI=1S/C19H27N5O3/c1-12-8-13(23-18(25)27-19(2,3)4)11-24(10-12)14-9-22-17(26-5)16-15(14)20-6-7-21-16/h6-7,9,12-13H,8,10-11H2,1-5H3,(H,23,25). The van der Waals surface area contributed by atoms with Crippen LogP contribution in [0.2, 0.25) is 0 Å². The predicted molar refractivity (Wildman–Crippen MR) is 103 cm³/mol. The van der Waals surface area contributed by atoms with Gasteiger partial charge >= 0.3 is 6.09 Å². The molecular formula is C19H27N5O3. The number of carbonyl (C=O) groups excluding carboxylic acids is 1. The van der Waals surface area contributed by atoms with Gasteiger partial charge in [-0.2, -0.15) is 0 Å². The van der Waals surface area contributed by atoms with Crippen molar-refractivity contribution >= 4 is 22.8 Å². The lowest BCUT2D eigenvalue weighted by molar-refractivity contribution is 0.0495. The molecule has 1 fully saturated rings. The van der Waals surface area contributed by atoms with Crippen LogP contribution in [0, 0.1) is 5.92 Å². The first-order chi connectivity index (χ1) is 12.8. The summed E-state index contributed by atoms with van der Waals surface area (Å²) in [4.78, 5) is 27.6. The Morgan fingerprint density at radius 2 is 1.89 bits per heavy atom. The van der Waals surface area contributed by atoms with Crippen LogP contribution in [0.3, 0.4) is 0 Å². The van der Waals surface area contributed by atoms with Crippen molar-refractivity contribution < 1.29 is 14.3 Å². The largest absolute Gasteiger partial charge is 0.479 e. The molecule has 0 aliphatic carbocycles. The van der Waals surface area contributed by atoms with Crippen LogP contribution in [-0.4, -0.2) is 52.9 Å². The van der Waals surface area contributed by atoms with Crippen LogP contribution in [-0.2, 0) is 4.74 Å². The van der Waals surface area contributed by atoms with E-state index in [2.05, 4.69) is 32.1 Å². The number of methoxy groups -OCH3 is 1. The Morgan fingerprint density at radius 3 is 2.56 bits per heavy atom. The third-order valence-electron chi connectivity index (χ3n) is 4.36. The molecule has 1 N–H and O–H groups in total. The quantitative estimate of drug-likeness (QED) is 0.885. The van der Waals surface area contributed by atoms with E-state index in [4.69, 9.17) is 9.47 Å². The Bertz CT molecular complexity index is 821. The lowest BCUT2D eigenvalue weighted by atomic mass is 9.95. The van der Waals surface area contributed by atoms with Crippen molar-refractivity contribution in [2.45, 2.75) is 45.8 Å². The summed E-state index contributed by atoms with van der Waals surface area (Å²) in [6.45, 7) is 9.25. The molecule has 1 amide bonds. The molecule has 0 radical (unpaired) electrons. The highest BCUT2D eigenvalue weighted by Crippen LogP contribution is 2.31. The fourth-order valence-electron chi connectivity index (χ4n) is 3.43. The monoisotopic (exact) mass is 373 g/mol. The summed E-state index contributed by atoms with van der Waals surface area (Å²) in [6, 6.07) is -0.0163. The number of hydrogen-bond acceptors (Lipinski definition) is 7. The van der Waals surface area contributed by atoms with Crippen LogP contribution in [0.1, 0.15) is 34.1 Å². The van der Waals surface area contributed by atoms with E-state index >= 15 is 0 Å². The second-order valence-electron chi connectivity index (χ2n) is 8.00. The minimum atomic E-state index is -0.518. The van der Waals surface area contributed by atoms with Gasteiger partial charge in [0.25, 0.3) is 0 Å². The smallest absolute Gasteiger partial charge is 0.407 e. The Hall–Kier alpha value is -2.64. The van der Waals surface area contributed by atoms with Gasteiger partial charge in [-0.1, -0.05) is 6.92 Å². The van der Waals surface area contributed by atoms with Crippen molar-refractivity contribution in [2.24, 2.45) is 5.92 Å². The summed E-state index contributed by atoms with van der Waals surface area (Å²) in [5.74, 6) is 0.850.